The van der Waals surface area contributed by atoms with Crippen LogP contribution in [0.3, 0.4) is 0 Å². The minimum atomic E-state index is -0.334. The zero-order valence-electron chi connectivity index (χ0n) is 16.6. The first-order valence-electron chi connectivity index (χ1n) is 9.12. The van der Waals surface area contributed by atoms with E-state index in [0.717, 1.165) is 15.6 Å². The number of nitrogens with one attached hydrogen (secondary N) is 1. The van der Waals surface area contributed by atoms with Crippen molar-refractivity contribution in [1.82, 2.24) is 5.43 Å². The third-order valence-electron chi connectivity index (χ3n) is 4.19. The van der Waals surface area contributed by atoms with Gasteiger partial charge < -0.3 is 14.2 Å². The first-order valence-corrected chi connectivity index (χ1v) is 9.91. The molecular formula is C23H21BrN2O4. The highest BCUT2D eigenvalue weighted by Gasteiger charge is 2.12. The number of halogens is 1. The summed E-state index contributed by atoms with van der Waals surface area (Å²) in [6.45, 7) is 0.416. The highest BCUT2D eigenvalue weighted by atomic mass is 79.9. The minimum absolute atomic E-state index is 0.334. The van der Waals surface area contributed by atoms with Crippen LogP contribution in [0.2, 0.25) is 0 Å². The maximum atomic E-state index is 12.2. The van der Waals surface area contributed by atoms with Crippen molar-refractivity contribution in [2.75, 3.05) is 14.2 Å². The Balaban J connectivity index is 1.68. The van der Waals surface area contributed by atoms with Crippen LogP contribution in [-0.2, 0) is 6.61 Å². The number of hydrazone groups is 1. The van der Waals surface area contributed by atoms with E-state index < -0.39 is 0 Å². The Hall–Kier alpha value is -3.32. The number of rotatable bonds is 8. The molecule has 0 saturated carbocycles. The van der Waals surface area contributed by atoms with Gasteiger partial charge in [-0.15, -0.1) is 0 Å². The second kappa shape index (κ2) is 10.5. The summed E-state index contributed by atoms with van der Waals surface area (Å²) in [6, 6.07) is 20.3. The number of benzene rings is 3. The molecule has 7 heteroatoms. The third-order valence-corrected chi connectivity index (χ3v) is 4.78. The van der Waals surface area contributed by atoms with Crippen molar-refractivity contribution in [2.24, 2.45) is 5.10 Å². The highest BCUT2D eigenvalue weighted by Crippen LogP contribution is 2.36. The van der Waals surface area contributed by atoms with Gasteiger partial charge in [-0.25, -0.2) is 5.43 Å². The van der Waals surface area contributed by atoms with Crippen LogP contribution >= 0.6 is 15.9 Å². The zero-order chi connectivity index (χ0) is 21.3. The molecule has 0 heterocycles. The summed E-state index contributed by atoms with van der Waals surface area (Å²) in [5.74, 6) is 1.42. The van der Waals surface area contributed by atoms with Gasteiger partial charge in [0, 0.05) is 5.56 Å². The van der Waals surface area contributed by atoms with E-state index in [-0.39, 0.29) is 5.91 Å². The van der Waals surface area contributed by atoms with Crippen molar-refractivity contribution in [3.05, 3.63) is 87.9 Å². The lowest BCUT2D eigenvalue weighted by Gasteiger charge is -2.13. The predicted molar refractivity (Wildman–Crippen MR) is 120 cm³/mol. The molecule has 6 nitrogen and oxygen atoms in total. The Morgan fingerprint density at radius 2 is 1.83 bits per heavy atom. The normalized spacial score (nSPS) is 10.6. The summed E-state index contributed by atoms with van der Waals surface area (Å²) in [7, 11) is 3.12. The van der Waals surface area contributed by atoms with Crippen LogP contribution in [0.25, 0.3) is 0 Å². The highest BCUT2D eigenvalue weighted by molar-refractivity contribution is 9.10. The van der Waals surface area contributed by atoms with Crippen molar-refractivity contribution < 1.29 is 19.0 Å². The molecule has 0 spiro atoms. The molecule has 0 aromatic heterocycles. The fourth-order valence-corrected chi connectivity index (χ4v) is 3.25. The minimum Gasteiger partial charge on any atom is -0.497 e. The number of amides is 1. The monoisotopic (exact) mass is 468 g/mol. The van der Waals surface area contributed by atoms with Gasteiger partial charge in [-0.3, -0.25) is 4.79 Å². The lowest BCUT2D eigenvalue weighted by atomic mass is 10.2. The molecule has 1 N–H and O–H groups in total. The van der Waals surface area contributed by atoms with Gasteiger partial charge in [-0.05, 0) is 57.4 Å². The summed E-state index contributed by atoms with van der Waals surface area (Å²) in [4.78, 5) is 12.2. The van der Waals surface area contributed by atoms with E-state index in [2.05, 4.69) is 26.5 Å². The lowest BCUT2D eigenvalue weighted by Crippen LogP contribution is -2.17. The Bertz CT molecular complexity index is 1040. The van der Waals surface area contributed by atoms with E-state index in [1.54, 1.807) is 44.6 Å². The van der Waals surface area contributed by atoms with E-state index in [4.69, 9.17) is 14.2 Å². The first-order chi connectivity index (χ1) is 14.6. The van der Waals surface area contributed by atoms with Gasteiger partial charge in [0.25, 0.3) is 5.91 Å². The van der Waals surface area contributed by atoms with Gasteiger partial charge in [-0.2, -0.15) is 5.10 Å². The number of nitrogens with zero attached hydrogens (tertiary/aromatic N) is 1. The number of ether oxygens (including phenoxy) is 3. The fraction of sp³-hybridized carbons (Fsp3) is 0.130. The van der Waals surface area contributed by atoms with Crippen molar-refractivity contribution in [3.8, 4) is 17.2 Å². The number of carbonyl (C=O) groups is 1. The molecule has 0 aliphatic rings. The Labute approximate surface area is 183 Å². The summed E-state index contributed by atoms with van der Waals surface area (Å²) in [5.41, 5.74) is 4.74. The molecule has 3 rings (SSSR count). The molecule has 0 aliphatic heterocycles. The van der Waals surface area contributed by atoms with E-state index in [1.807, 2.05) is 36.4 Å². The van der Waals surface area contributed by atoms with Crippen LogP contribution in [0.15, 0.2) is 76.3 Å². The van der Waals surface area contributed by atoms with Crippen molar-refractivity contribution >= 4 is 28.1 Å². The summed E-state index contributed by atoms with van der Waals surface area (Å²) < 4.78 is 17.2. The van der Waals surface area contributed by atoms with Gasteiger partial charge >= 0.3 is 0 Å². The SMILES string of the molecule is COc1cccc(C(=O)N/N=C\c2cc(Br)c(OCc3ccccc3)c(OC)c2)c1. The number of hydrogen-bond acceptors (Lipinski definition) is 5. The number of hydrogen-bond donors (Lipinski definition) is 1. The van der Waals surface area contributed by atoms with Crippen LogP contribution in [0.1, 0.15) is 21.5 Å². The summed E-state index contributed by atoms with van der Waals surface area (Å²) in [5, 5.41) is 4.03. The van der Waals surface area contributed by atoms with Crippen LogP contribution in [-0.4, -0.2) is 26.3 Å². The first kappa shape index (κ1) is 21.4. The van der Waals surface area contributed by atoms with Gasteiger partial charge in [0.1, 0.15) is 12.4 Å². The second-order valence-corrected chi connectivity index (χ2v) is 7.09. The van der Waals surface area contributed by atoms with Gasteiger partial charge in [0.15, 0.2) is 11.5 Å². The predicted octanol–water partition coefficient (Wildman–Crippen LogP) is 4.81. The van der Waals surface area contributed by atoms with Crippen molar-refractivity contribution in [3.63, 3.8) is 0 Å². The molecule has 0 saturated heterocycles. The average molecular weight is 469 g/mol. The van der Waals surface area contributed by atoms with Gasteiger partial charge in [-0.1, -0.05) is 36.4 Å². The third kappa shape index (κ3) is 5.61. The Morgan fingerprint density at radius 1 is 1.03 bits per heavy atom. The molecule has 30 heavy (non-hydrogen) atoms. The van der Waals surface area contributed by atoms with Crippen LogP contribution in [0.5, 0.6) is 17.2 Å². The maximum Gasteiger partial charge on any atom is 0.271 e. The largest absolute Gasteiger partial charge is 0.497 e. The molecule has 0 aliphatic carbocycles. The molecule has 3 aromatic rings. The quantitative estimate of drug-likeness (QED) is 0.380. The molecular weight excluding hydrogens is 448 g/mol. The van der Waals surface area contributed by atoms with E-state index in [0.29, 0.717) is 29.4 Å². The van der Waals surface area contributed by atoms with E-state index in [1.165, 1.54) is 6.21 Å². The van der Waals surface area contributed by atoms with E-state index in [9.17, 15) is 4.79 Å². The summed E-state index contributed by atoms with van der Waals surface area (Å²) >= 11 is 3.52. The zero-order valence-corrected chi connectivity index (χ0v) is 18.2. The summed E-state index contributed by atoms with van der Waals surface area (Å²) in [6.07, 6.45) is 1.53. The molecule has 0 radical (unpaired) electrons. The van der Waals surface area contributed by atoms with Crippen LogP contribution in [0.4, 0.5) is 0 Å². The Morgan fingerprint density at radius 3 is 2.57 bits per heavy atom. The molecule has 3 aromatic carbocycles. The molecule has 1 amide bonds. The molecule has 0 atom stereocenters. The number of carbonyl (C=O) groups excluding carboxylic acids is 1. The molecule has 0 fully saturated rings. The van der Waals surface area contributed by atoms with Crippen LogP contribution in [0, 0.1) is 0 Å². The van der Waals surface area contributed by atoms with Crippen LogP contribution < -0.4 is 19.6 Å². The molecule has 154 valence electrons. The van der Waals surface area contributed by atoms with E-state index >= 15 is 0 Å². The maximum absolute atomic E-state index is 12.2. The lowest BCUT2D eigenvalue weighted by molar-refractivity contribution is 0.0955. The molecule has 0 unspecified atom stereocenters. The Kier molecular flexibility index (Phi) is 7.45. The number of methoxy groups -OCH3 is 2. The average Bonchev–Trinajstić information content (AvgIpc) is 2.78. The smallest absolute Gasteiger partial charge is 0.271 e. The second-order valence-electron chi connectivity index (χ2n) is 6.24. The standard InChI is InChI=1S/C23H21BrN2O4/c1-28-19-10-6-9-18(13-19)23(27)26-25-14-17-11-20(24)22(21(12-17)29-2)30-15-16-7-4-3-5-8-16/h3-14H,15H2,1-2H3,(H,26,27)/b25-14-. The van der Waals surface area contributed by atoms with Crippen molar-refractivity contribution in [1.29, 1.82) is 0 Å². The van der Waals surface area contributed by atoms with Gasteiger partial charge in [0.2, 0.25) is 0 Å². The van der Waals surface area contributed by atoms with Gasteiger partial charge in [0.05, 0.1) is 24.9 Å². The van der Waals surface area contributed by atoms with Crippen molar-refractivity contribution in [2.45, 2.75) is 6.61 Å². The fourth-order valence-electron chi connectivity index (χ4n) is 2.68. The molecule has 0 bridgehead atoms. The topological polar surface area (TPSA) is 69.2 Å².